The molecular weight excluding hydrogens is 320 g/mol. The fourth-order valence-electron chi connectivity index (χ4n) is 2.72. The van der Waals surface area contributed by atoms with Gasteiger partial charge in [-0.05, 0) is 23.8 Å². The number of anilines is 1. The van der Waals surface area contributed by atoms with Gasteiger partial charge in [-0.15, -0.1) is 0 Å². The van der Waals surface area contributed by atoms with E-state index in [9.17, 15) is 4.79 Å². The lowest BCUT2D eigenvalue weighted by Gasteiger charge is -2.34. The van der Waals surface area contributed by atoms with Crippen molar-refractivity contribution >= 4 is 11.9 Å². The van der Waals surface area contributed by atoms with E-state index in [4.69, 9.17) is 9.47 Å². The van der Waals surface area contributed by atoms with Crippen molar-refractivity contribution in [1.82, 2.24) is 14.9 Å². The summed E-state index contributed by atoms with van der Waals surface area (Å²) in [5, 5.41) is 0. The summed E-state index contributed by atoms with van der Waals surface area (Å²) in [5.41, 5.74) is 0.984. The quantitative estimate of drug-likeness (QED) is 0.789. The van der Waals surface area contributed by atoms with Gasteiger partial charge in [-0.1, -0.05) is 12.1 Å². The number of carbonyl (C=O) groups excluding carboxylic acids is 1. The van der Waals surface area contributed by atoms with Crippen LogP contribution in [0, 0.1) is 0 Å². The number of nitrogens with zero attached hydrogens (tertiary/aromatic N) is 4. The van der Waals surface area contributed by atoms with Crippen LogP contribution in [-0.4, -0.2) is 60.7 Å². The number of hydrogen-bond donors (Lipinski definition) is 0. The molecule has 2 aromatic rings. The Morgan fingerprint density at radius 2 is 1.88 bits per heavy atom. The molecule has 0 unspecified atom stereocenters. The van der Waals surface area contributed by atoms with Crippen LogP contribution < -0.4 is 9.64 Å². The molecule has 1 amide bonds. The van der Waals surface area contributed by atoms with Gasteiger partial charge in [0.2, 0.25) is 11.9 Å². The molecule has 1 aromatic carbocycles. The second kappa shape index (κ2) is 8.43. The lowest BCUT2D eigenvalue weighted by atomic mass is 10.2. The Hall–Kier alpha value is -2.67. The standard InChI is InChI=1S/C18H22N4O3/c1-24-16-5-2-4-15(12-16)13-25-14-17(23)21-8-10-22(11-9-21)18-19-6-3-7-20-18/h2-7,12H,8-11,13-14H2,1H3. The Morgan fingerprint density at radius 3 is 2.60 bits per heavy atom. The minimum absolute atomic E-state index is 0.0107. The van der Waals surface area contributed by atoms with Crippen LogP contribution in [0.15, 0.2) is 42.7 Å². The molecule has 1 aliphatic rings. The zero-order valence-electron chi connectivity index (χ0n) is 14.3. The first kappa shape index (κ1) is 17.2. The van der Waals surface area contributed by atoms with Crippen LogP contribution in [0.1, 0.15) is 5.56 Å². The molecule has 0 spiro atoms. The number of carbonyl (C=O) groups is 1. The number of hydrogen-bond acceptors (Lipinski definition) is 6. The molecule has 0 bridgehead atoms. The summed E-state index contributed by atoms with van der Waals surface area (Å²) >= 11 is 0. The monoisotopic (exact) mass is 342 g/mol. The van der Waals surface area contributed by atoms with E-state index in [0.717, 1.165) is 24.4 Å². The molecule has 7 nitrogen and oxygen atoms in total. The third-order valence-corrected chi connectivity index (χ3v) is 4.10. The number of methoxy groups -OCH3 is 1. The van der Waals surface area contributed by atoms with E-state index in [1.807, 2.05) is 29.2 Å². The Kier molecular flexibility index (Phi) is 5.79. The van der Waals surface area contributed by atoms with Gasteiger partial charge in [0.15, 0.2) is 0 Å². The molecule has 0 atom stereocenters. The maximum absolute atomic E-state index is 12.3. The second-order valence-corrected chi connectivity index (χ2v) is 5.76. The largest absolute Gasteiger partial charge is 0.497 e. The summed E-state index contributed by atoms with van der Waals surface area (Å²) in [6.07, 6.45) is 3.46. The second-order valence-electron chi connectivity index (χ2n) is 5.76. The van der Waals surface area contributed by atoms with Gasteiger partial charge in [0.25, 0.3) is 0 Å². The van der Waals surface area contributed by atoms with Crippen molar-refractivity contribution in [1.29, 1.82) is 0 Å². The summed E-state index contributed by atoms with van der Waals surface area (Å²) < 4.78 is 10.7. The first-order valence-corrected chi connectivity index (χ1v) is 8.26. The highest BCUT2D eigenvalue weighted by Gasteiger charge is 2.22. The molecule has 132 valence electrons. The first-order chi connectivity index (χ1) is 12.3. The smallest absolute Gasteiger partial charge is 0.248 e. The van der Waals surface area contributed by atoms with Crippen molar-refractivity contribution in [3.63, 3.8) is 0 Å². The van der Waals surface area contributed by atoms with E-state index in [0.29, 0.717) is 25.6 Å². The number of piperazine rings is 1. The molecule has 0 saturated carbocycles. The van der Waals surface area contributed by atoms with Crippen molar-refractivity contribution in [3.8, 4) is 5.75 Å². The van der Waals surface area contributed by atoms with Crippen molar-refractivity contribution in [2.24, 2.45) is 0 Å². The fourth-order valence-corrected chi connectivity index (χ4v) is 2.72. The average Bonchev–Trinajstić information content (AvgIpc) is 2.69. The molecule has 2 heterocycles. The third kappa shape index (κ3) is 4.67. The highest BCUT2D eigenvalue weighted by molar-refractivity contribution is 5.77. The zero-order valence-corrected chi connectivity index (χ0v) is 14.3. The summed E-state index contributed by atoms with van der Waals surface area (Å²) in [7, 11) is 1.63. The van der Waals surface area contributed by atoms with Crippen LogP contribution in [0.2, 0.25) is 0 Å². The van der Waals surface area contributed by atoms with E-state index in [1.54, 1.807) is 25.6 Å². The zero-order chi connectivity index (χ0) is 17.5. The molecule has 25 heavy (non-hydrogen) atoms. The average molecular weight is 342 g/mol. The molecule has 1 saturated heterocycles. The Morgan fingerprint density at radius 1 is 1.12 bits per heavy atom. The predicted octanol–water partition coefficient (Wildman–Crippen LogP) is 1.35. The summed E-state index contributed by atoms with van der Waals surface area (Å²) in [6.45, 7) is 3.23. The molecule has 1 aromatic heterocycles. The lowest BCUT2D eigenvalue weighted by Crippen LogP contribution is -2.50. The SMILES string of the molecule is COc1cccc(COCC(=O)N2CCN(c3ncccn3)CC2)c1. The number of aromatic nitrogens is 2. The molecular formula is C18H22N4O3. The van der Waals surface area contributed by atoms with Crippen molar-refractivity contribution in [2.75, 3.05) is 44.8 Å². The van der Waals surface area contributed by atoms with Gasteiger partial charge in [-0.2, -0.15) is 0 Å². The Labute approximate surface area is 147 Å². The highest BCUT2D eigenvalue weighted by atomic mass is 16.5. The number of rotatable bonds is 6. The van der Waals surface area contributed by atoms with Crippen LogP contribution in [-0.2, 0) is 16.1 Å². The van der Waals surface area contributed by atoms with Crippen LogP contribution in [0.25, 0.3) is 0 Å². The van der Waals surface area contributed by atoms with Crippen molar-refractivity contribution < 1.29 is 14.3 Å². The molecule has 7 heteroatoms. The summed E-state index contributed by atoms with van der Waals surface area (Å²) in [5.74, 6) is 1.51. The molecule has 0 N–H and O–H groups in total. The minimum Gasteiger partial charge on any atom is -0.497 e. The summed E-state index contributed by atoms with van der Waals surface area (Å²) in [4.78, 5) is 24.7. The van der Waals surface area contributed by atoms with Gasteiger partial charge in [0.1, 0.15) is 12.4 Å². The molecule has 0 radical (unpaired) electrons. The normalized spacial score (nSPS) is 14.4. The van der Waals surface area contributed by atoms with Crippen molar-refractivity contribution in [2.45, 2.75) is 6.61 Å². The lowest BCUT2D eigenvalue weighted by molar-refractivity contribution is -0.136. The van der Waals surface area contributed by atoms with E-state index < -0.39 is 0 Å². The maximum Gasteiger partial charge on any atom is 0.248 e. The van der Waals surface area contributed by atoms with E-state index >= 15 is 0 Å². The number of ether oxygens (including phenoxy) is 2. The molecule has 1 fully saturated rings. The van der Waals surface area contributed by atoms with Gasteiger partial charge >= 0.3 is 0 Å². The van der Waals surface area contributed by atoms with E-state index in [2.05, 4.69) is 14.9 Å². The topological polar surface area (TPSA) is 67.8 Å². The fraction of sp³-hybridized carbons (Fsp3) is 0.389. The summed E-state index contributed by atoms with van der Waals surface area (Å²) in [6, 6.07) is 9.44. The van der Waals surface area contributed by atoms with Gasteiger partial charge in [-0.25, -0.2) is 9.97 Å². The number of benzene rings is 1. The molecule has 0 aliphatic carbocycles. The maximum atomic E-state index is 12.3. The predicted molar refractivity (Wildman–Crippen MR) is 93.5 cm³/mol. The van der Waals surface area contributed by atoms with Gasteiger partial charge in [-0.3, -0.25) is 4.79 Å². The molecule has 3 rings (SSSR count). The van der Waals surface area contributed by atoms with Crippen molar-refractivity contribution in [3.05, 3.63) is 48.3 Å². The van der Waals surface area contributed by atoms with Gasteiger partial charge in [0, 0.05) is 38.6 Å². The van der Waals surface area contributed by atoms with Crippen LogP contribution in [0.5, 0.6) is 5.75 Å². The highest BCUT2D eigenvalue weighted by Crippen LogP contribution is 2.13. The van der Waals surface area contributed by atoms with Gasteiger partial charge < -0.3 is 19.3 Å². The van der Waals surface area contributed by atoms with E-state index in [1.165, 1.54) is 0 Å². The first-order valence-electron chi connectivity index (χ1n) is 8.26. The Bertz CT molecular complexity index is 688. The van der Waals surface area contributed by atoms with Crippen LogP contribution in [0.3, 0.4) is 0 Å². The minimum atomic E-state index is 0.0107. The Balaban J connectivity index is 1.42. The number of amides is 1. The van der Waals surface area contributed by atoms with E-state index in [-0.39, 0.29) is 12.5 Å². The van der Waals surface area contributed by atoms with Gasteiger partial charge in [0.05, 0.1) is 13.7 Å². The molecule has 1 aliphatic heterocycles. The third-order valence-electron chi connectivity index (χ3n) is 4.10. The van der Waals surface area contributed by atoms with Crippen LogP contribution >= 0.6 is 0 Å². The van der Waals surface area contributed by atoms with Crippen LogP contribution in [0.4, 0.5) is 5.95 Å².